The van der Waals surface area contributed by atoms with E-state index < -0.39 is 5.41 Å². The number of benzene rings is 1. The molecule has 0 spiro atoms. The molecule has 0 aliphatic heterocycles. The van der Waals surface area contributed by atoms with Gasteiger partial charge in [0, 0.05) is 35.4 Å². The van der Waals surface area contributed by atoms with Crippen LogP contribution in [0.15, 0.2) is 48.8 Å². The topological polar surface area (TPSA) is 113 Å². The van der Waals surface area contributed by atoms with Gasteiger partial charge in [0.2, 0.25) is 11.8 Å². The molecule has 5 aliphatic rings. The number of pyridine rings is 1. The molecule has 2 heterocycles. The number of hydrogen-bond donors (Lipinski definition) is 4. The van der Waals surface area contributed by atoms with Crippen LogP contribution in [0.4, 0.5) is 5.69 Å². The summed E-state index contributed by atoms with van der Waals surface area (Å²) >= 11 is 6.05. The predicted molar refractivity (Wildman–Crippen MR) is 148 cm³/mol. The summed E-state index contributed by atoms with van der Waals surface area (Å²) in [4.78, 5) is 34.5. The highest BCUT2D eigenvalue weighted by atomic mass is 35.5. The number of aromatic nitrogens is 2. The molecule has 3 unspecified atom stereocenters. The van der Waals surface area contributed by atoms with Crippen molar-refractivity contribution in [2.75, 3.05) is 11.9 Å². The van der Waals surface area contributed by atoms with E-state index >= 15 is 0 Å². The normalized spacial score (nSPS) is 31.2. The van der Waals surface area contributed by atoms with Gasteiger partial charge in [-0.2, -0.15) is 0 Å². The lowest BCUT2D eigenvalue weighted by Crippen LogP contribution is -2.60. The van der Waals surface area contributed by atoms with Gasteiger partial charge in [0.05, 0.1) is 16.5 Å². The van der Waals surface area contributed by atoms with Crippen molar-refractivity contribution in [1.82, 2.24) is 15.3 Å². The first-order valence-corrected chi connectivity index (χ1v) is 14.3. The maximum absolute atomic E-state index is 13.8. The van der Waals surface area contributed by atoms with Crippen molar-refractivity contribution in [3.63, 3.8) is 0 Å². The Bertz CT molecular complexity index is 1380. The first-order chi connectivity index (χ1) is 18.4. The van der Waals surface area contributed by atoms with Gasteiger partial charge in [-0.3, -0.25) is 9.59 Å². The second-order valence-electron chi connectivity index (χ2n) is 12.3. The summed E-state index contributed by atoms with van der Waals surface area (Å²) in [6.45, 7) is 0.484. The van der Waals surface area contributed by atoms with Crippen LogP contribution in [0.25, 0.3) is 11.0 Å². The lowest BCUT2D eigenvalue weighted by molar-refractivity contribution is -0.149. The average molecular weight is 532 g/mol. The van der Waals surface area contributed by atoms with Crippen LogP contribution in [-0.2, 0) is 15.0 Å². The number of H-pyrrole nitrogens is 1. The molecule has 2 aromatic heterocycles. The Balaban J connectivity index is 1.03. The third kappa shape index (κ3) is 3.85. The lowest BCUT2D eigenvalue weighted by Gasteiger charge is -2.60. The highest BCUT2D eigenvalue weighted by molar-refractivity contribution is 6.30. The number of nitrogens with two attached hydrogens (primary N) is 1. The number of amides is 2. The summed E-state index contributed by atoms with van der Waals surface area (Å²) in [5, 5.41) is 8.08. The molecule has 2 amide bonds. The number of halogens is 1. The number of nitrogens with zero attached hydrogens (tertiary/aromatic N) is 1. The third-order valence-electron chi connectivity index (χ3n) is 10.1. The van der Waals surface area contributed by atoms with Crippen LogP contribution in [0.1, 0.15) is 50.5 Å². The molecular formula is C30H34ClN5O2. The molecule has 4 bridgehead atoms. The number of hydrogen-bond acceptors (Lipinski definition) is 4. The minimum Gasteiger partial charge on any atom is -0.354 e. The largest absolute Gasteiger partial charge is 0.354 e. The Kier molecular flexibility index (Phi) is 5.61. The molecule has 0 radical (unpaired) electrons. The van der Waals surface area contributed by atoms with Gasteiger partial charge >= 0.3 is 0 Å². The Labute approximate surface area is 227 Å². The fourth-order valence-electron chi connectivity index (χ4n) is 8.42. The highest BCUT2D eigenvalue weighted by Crippen LogP contribution is 2.63. The molecule has 0 saturated heterocycles. The van der Waals surface area contributed by atoms with Crippen LogP contribution in [0.5, 0.6) is 0 Å². The van der Waals surface area contributed by atoms with Crippen molar-refractivity contribution in [1.29, 1.82) is 0 Å². The van der Waals surface area contributed by atoms with E-state index in [4.69, 9.17) is 17.3 Å². The van der Waals surface area contributed by atoms with Gasteiger partial charge in [-0.25, -0.2) is 4.98 Å². The van der Waals surface area contributed by atoms with Crippen LogP contribution >= 0.6 is 11.6 Å². The van der Waals surface area contributed by atoms with E-state index in [1.165, 1.54) is 0 Å². The quantitative estimate of drug-likeness (QED) is 0.351. The van der Waals surface area contributed by atoms with E-state index in [0.717, 1.165) is 67.2 Å². The summed E-state index contributed by atoms with van der Waals surface area (Å²) in [5.74, 6) is 1.99. The number of rotatable bonds is 7. The Morgan fingerprint density at radius 2 is 1.79 bits per heavy atom. The van der Waals surface area contributed by atoms with Crippen molar-refractivity contribution in [3.8, 4) is 0 Å². The fourth-order valence-corrected chi connectivity index (χ4v) is 8.55. The van der Waals surface area contributed by atoms with E-state index in [9.17, 15) is 9.59 Å². The molecule has 5 saturated carbocycles. The second-order valence-corrected chi connectivity index (χ2v) is 12.8. The Morgan fingerprint density at radius 1 is 1.05 bits per heavy atom. The highest BCUT2D eigenvalue weighted by Gasteiger charge is 2.59. The van der Waals surface area contributed by atoms with Crippen LogP contribution in [-0.4, -0.2) is 34.4 Å². The number of carbonyl (C=O) groups excluding carboxylic acids is 2. The molecule has 198 valence electrons. The summed E-state index contributed by atoms with van der Waals surface area (Å²) in [5.41, 5.74) is 8.69. The monoisotopic (exact) mass is 531 g/mol. The van der Waals surface area contributed by atoms with Crippen LogP contribution in [0.2, 0.25) is 5.02 Å². The number of nitrogens with one attached hydrogen (secondary N) is 3. The fraction of sp³-hybridized carbons (Fsp3) is 0.500. The van der Waals surface area contributed by atoms with Crippen molar-refractivity contribution in [3.05, 3.63) is 59.4 Å². The number of aromatic amines is 1. The molecule has 5 aliphatic carbocycles. The minimum absolute atomic E-state index is 0.0726. The van der Waals surface area contributed by atoms with Gasteiger partial charge in [0.15, 0.2) is 0 Å². The summed E-state index contributed by atoms with van der Waals surface area (Å²) in [7, 11) is 0. The SMILES string of the molecule is NC(CNC(=O)C1(c2ccc(Cl)cc2)CC1)C1C2CC3CC1CC(C(=O)Nc1ccnc4[nH]ccc14)(C3)C2. The maximum Gasteiger partial charge on any atom is 0.230 e. The van der Waals surface area contributed by atoms with E-state index in [1.807, 2.05) is 42.6 Å². The van der Waals surface area contributed by atoms with Gasteiger partial charge in [-0.1, -0.05) is 23.7 Å². The van der Waals surface area contributed by atoms with Crippen LogP contribution < -0.4 is 16.4 Å². The van der Waals surface area contributed by atoms with Gasteiger partial charge in [-0.15, -0.1) is 0 Å². The molecule has 5 fully saturated rings. The Hall–Kier alpha value is -2.90. The molecule has 38 heavy (non-hydrogen) atoms. The standard InChI is InChI=1S/C30H34ClN5O2/c31-21-3-1-20(2-4-21)30(7-8-30)28(38)35-16-23(32)25-18-11-17-12-19(25)15-29(13-17,14-18)27(37)36-24-6-10-34-26-22(24)5-9-33-26/h1-6,9-10,17-19,23,25H,7-8,11-16,32H2,(H,35,38)(H2,33,34,36,37). The zero-order chi connectivity index (χ0) is 26.1. The minimum atomic E-state index is -0.436. The lowest BCUT2D eigenvalue weighted by atomic mass is 9.45. The summed E-state index contributed by atoms with van der Waals surface area (Å²) in [6, 6.07) is 11.4. The van der Waals surface area contributed by atoms with Gasteiger partial charge in [-0.05, 0) is 98.4 Å². The average Bonchev–Trinajstić information content (AvgIpc) is 3.56. The zero-order valence-electron chi connectivity index (χ0n) is 21.4. The molecule has 3 aromatic rings. The van der Waals surface area contributed by atoms with Crippen molar-refractivity contribution in [2.45, 2.75) is 56.4 Å². The number of fused-ring (bicyclic) bond motifs is 1. The molecule has 5 N–H and O–H groups in total. The van der Waals surface area contributed by atoms with Crippen LogP contribution in [0.3, 0.4) is 0 Å². The van der Waals surface area contributed by atoms with Gasteiger partial charge in [0.1, 0.15) is 5.65 Å². The first-order valence-electron chi connectivity index (χ1n) is 13.9. The van der Waals surface area contributed by atoms with Crippen LogP contribution in [0, 0.1) is 29.1 Å². The van der Waals surface area contributed by atoms with Gasteiger partial charge in [0.25, 0.3) is 0 Å². The molecule has 8 rings (SSSR count). The predicted octanol–water partition coefficient (Wildman–Crippen LogP) is 4.77. The second kappa shape index (κ2) is 8.82. The summed E-state index contributed by atoms with van der Waals surface area (Å²) < 4.78 is 0. The van der Waals surface area contributed by atoms with E-state index in [0.29, 0.717) is 35.2 Å². The third-order valence-corrected chi connectivity index (χ3v) is 10.4. The Morgan fingerprint density at radius 3 is 2.50 bits per heavy atom. The van der Waals surface area contributed by atoms with Crippen molar-refractivity contribution in [2.24, 2.45) is 34.8 Å². The van der Waals surface area contributed by atoms with E-state index in [1.54, 1.807) is 6.20 Å². The molecule has 8 heteroatoms. The number of anilines is 1. The molecule has 3 atom stereocenters. The maximum atomic E-state index is 13.8. The van der Waals surface area contributed by atoms with Crippen molar-refractivity contribution < 1.29 is 9.59 Å². The number of carbonyl (C=O) groups is 2. The molecular weight excluding hydrogens is 498 g/mol. The zero-order valence-corrected chi connectivity index (χ0v) is 22.1. The van der Waals surface area contributed by atoms with E-state index in [2.05, 4.69) is 20.6 Å². The smallest absolute Gasteiger partial charge is 0.230 e. The summed E-state index contributed by atoms with van der Waals surface area (Å²) in [6.07, 6.45) is 10.3. The first kappa shape index (κ1) is 24.2. The van der Waals surface area contributed by atoms with E-state index in [-0.39, 0.29) is 23.3 Å². The molecule has 1 aromatic carbocycles. The van der Waals surface area contributed by atoms with Crippen molar-refractivity contribution >= 4 is 40.1 Å². The molecule has 7 nitrogen and oxygen atoms in total. The van der Waals surface area contributed by atoms with Gasteiger partial charge < -0.3 is 21.4 Å².